The van der Waals surface area contributed by atoms with Gasteiger partial charge in [-0.15, -0.1) is 0 Å². The van der Waals surface area contributed by atoms with E-state index in [0.29, 0.717) is 12.2 Å². The van der Waals surface area contributed by atoms with Crippen LogP contribution in [0, 0.1) is 0 Å². The quantitative estimate of drug-likeness (QED) is 0.242. The van der Waals surface area contributed by atoms with E-state index in [1.54, 1.807) is 18.3 Å². The molecule has 0 atom stereocenters. The number of nitrogens with zero attached hydrogens (tertiary/aromatic N) is 2. The van der Waals surface area contributed by atoms with Crippen molar-refractivity contribution in [2.45, 2.75) is 6.54 Å². The molecule has 1 aromatic rings. The lowest BCUT2D eigenvalue weighted by molar-refractivity contribution is 0.318. The van der Waals surface area contributed by atoms with E-state index < -0.39 is 0 Å². The number of amidine groups is 1. The Kier molecular flexibility index (Phi) is 2.60. The lowest BCUT2D eigenvalue weighted by Gasteiger charge is -2.02. The predicted octanol–water partition coefficient (Wildman–Crippen LogP) is -0.365. The second-order valence-electron chi connectivity index (χ2n) is 2.20. The standard InChI is InChI=1S/C7H10N4O/c8-4-5-2-1-3-10-6(5)7(9)11-12/h1-3,12H,4,8H2,(H2,9,11). The van der Waals surface area contributed by atoms with E-state index in [2.05, 4.69) is 10.1 Å². The minimum Gasteiger partial charge on any atom is -0.409 e. The summed E-state index contributed by atoms with van der Waals surface area (Å²) in [6.45, 7) is 0.319. The average Bonchev–Trinajstić information content (AvgIpc) is 2.16. The first-order chi connectivity index (χ1) is 5.79. The zero-order chi connectivity index (χ0) is 8.97. The highest BCUT2D eigenvalue weighted by Gasteiger charge is 2.05. The monoisotopic (exact) mass is 166 g/mol. The van der Waals surface area contributed by atoms with Crippen LogP contribution in [0.2, 0.25) is 0 Å². The zero-order valence-electron chi connectivity index (χ0n) is 6.44. The molecule has 5 heteroatoms. The van der Waals surface area contributed by atoms with Gasteiger partial charge in [0.15, 0.2) is 5.84 Å². The summed E-state index contributed by atoms with van der Waals surface area (Å²) in [5.74, 6) is -0.0175. The van der Waals surface area contributed by atoms with Gasteiger partial charge in [-0.25, -0.2) is 0 Å². The van der Waals surface area contributed by atoms with E-state index in [-0.39, 0.29) is 5.84 Å². The third-order valence-corrected chi connectivity index (χ3v) is 1.46. The Morgan fingerprint density at radius 3 is 3.00 bits per heavy atom. The van der Waals surface area contributed by atoms with Gasteiger partial charge in [-0.05, 0) is 11.6 Å². The van der Waals surface area contributed by atoms with Crippen LogP contribution in [0.4, 0.5) is 0 Å². The number of pyridine rings is 1. The molecule has 1 rings (SSSR count). The molecule has 0 aliphatic rings. The number of hydrogen-bond donors (Lipinski definition) is 3. The van der Waals surface area contributed by atoms with Crippen LogP contribution in [0.1, 0.15) is 11.3 Å². The molecular weight excluding hydrogens is 156 g/mol. The molecule has 0 bridgehead atoms. The SMILES string of the molecule is NCc1cccnc1C(N)=NO. The van der Waals surface area contributed by atoms with Crippen molar-refractivity contribution in [3.8, 4) is 0 Å². The van der Waals surface area contributed by atoms with Crippen LogP contribution in [-0.4, -0.2) is 16.0 Å². The van der Waals surface area contributed by atoms with Gasteiger partial charge < -0.3 is 16.7 Å². The van der Waals surface area contributed by atoms with Crippen molar-refractivity contribution in [1.29, 1.82) is 0 Å². The summed E-state index contributed by atoms with van der Waals surface area (Å²) in [5.41, 5.74) is 12.0. The number of nitrogens with two attached hydrogens (primary N) is 2. The Labute approximate surface area is 69.7 Å². The van der Waals surface area contributed by atoms with Crippen molar-refractivity contribution >= 4 is 5.84 Å². The summed E-state index contributed by atoms with van der Waals surface area (Å²) in [7, 11) is 0. The van der Waals surface area contributed by atoms with Crippen molar-refractivity contribution in [3.63, 3.8) is 0 Å². The van der Waals surface area contributed by atoms with E-state index in [0.717, 1.165) is 5.56 Å². The summed E-state index contributed by atoms with van der Waals surface area (Å²) < 4.78 is 0. The Hall–Kier alpha value is -1.62. The summed E-state index contributed by atoms with van der Waals surface area (Å²) in [6, 6.07) is 3.52. The summed E-state index contributed by atoms with van der Waals surface area (Å²) in [5, 5.41) is 11.2. The van der Waals surface area contributed by atoms with E-state index in [9.17, 15) is 0 Å². The second-order valence-corrected chi connectivity index (χ2v) is 2.20. The lowest BCUT2D eigenvalue weighted by Crippen LogP contribution is -2.18. The minimum atomic E-state index is -0.0175. The minimum absolute atomic E-state index is 0.0175. The molecule has 5 nitrogen and oxygen atoms in total. The summed E-state index contributed by atoms with van der Waals surface area (Å²) >= 11 is 0. The van der Waals surface area contributed by atoms with Gasteiger partial charge in [0.2, 0.25) is 0 Å². The molecule has 5 N–H and O–H groups in total. The Balaban J connectivity index is 3.13. The largest absolute Gasteiger partial charge is 0.409 e. The normalized spacial score (nSPS) is 11.6. The number of hydrogen-bond acceptors (Lipinski definition) is 4. The molecule has 1 aromatic heterocycles. The summed E-state index contributed by atoms with van der Waals surface area (Å²) in [4.78, 5) is 3.92. The second kappa shape index (κ2) is 3.68. The van der Waals surface area contributed by atoms with E-state index in [1.165, 1.54) is 0 Å². The highest BCUT2D eigenvalue weighted by Crippen LogP contribution is 2.02. The van der Waals surface area contributed by atoms with Gasteiger partial charge in [0.1, 0.15) is 5.69 Å². The molecule has 0 unspecified atom stereocenters. The van der Waals surface area contributed by atoms with Gasteiger partial charge in [-0.3, -0.25) is 4.98 Å². The van der Waals surface area contributed by atoms with Gasteiger partial charge in [0, 0.05) is 12.7 Å². The Morgan fingerprint density at radius 2 is 2.42 bits per heavy atom. The molecule has 0 saturated heterocycles. The molecule has 0 aliphatic carbocycles. The first kappa shape index (κ1) is 8.48. The smallest absolute Gasteiger partial charge is 0.189 e. The average molecular weight is 166 g/mol. The van der Waals surface area contributed by atoms with Crippen LogP contribution in [0.3, 0.4) is 0 Å². The molecular formula is C7H10N4O. The van der Waals surface area contributed by atoms with Crippen LogP contribution < -0.4 is 11.5 Å². The molecule has 1 heterocycles. The number of oxime groups is 1. The molecule has 0 spiro atoms. The van der Waals surface area contributed by atoms with Crippen LogP contribution in [0.15, 0.2) is 23.5 Å². The van der Waals surface area contributed by atoms with Crippen molar-refractivity contribution < 1.29 is 5.21 Å². The summed E-state index contributed by atoms with van der Waals surface area (Å²) in [6.07, 6.45) is 1.56. The van der Waals surface area contributed by atoms with Crippen molar-refractivity contribution in [2.75, 3.05) is 0 Å². The molecule has 0 fully saturated rings. The third-order valence-electron chi connectivity index (χ3n) is 1.46. The fourth-order valence-corrected chi connectivity index (χ4v) is 0.881. The van der Waals surface area contributed by atoms with Gasteiger partial charge in [0.05, 0.1) is 0 Å². The molecule has 0 aliphatic heterocycles. The molecule has 0 radical (unpaired) electrons. The van der Waals surface area contributed by atoms with Gasteiger partial charge in [-0.1, -0.05) is 11.2 Å². The van der Waals surface area contributed by atoms with Gasteiger partial charge in [-0.2, -0.15) is 0 Å². The highest BCUT2D eigenvalue weighted by atomic mass is 16.4. The maximum absolute atomic E-state index is 8.39. The van der Waals surface area contributed by atoms with Crippen molar-refractivity contribution in [2.24, 2.45) is 16.6 Å². The van der Waals surface area contributed by atoms with E-state index in [1.807, 2.05) is 0 Å². The van der Waals surface area contributed by atoms with Gasteiger partial charge in [0.25, 0.3) is 0 Å². The maximum atomic E-state index is 8.39. The highest BCUT2D eigenvalue weighted by molar-refractivity contribution is 5.96. The van der Waals surface area contributed by atoms with Crippen LogP contribution in [0.25, 0.3) is 0 Å². The molecule has 12 heavy (non-hydrogen) atoms. The van der Waals surface area contributed by atoms with Crippen LogP contribution in [0.5, 0.6) is 0 Å². The van der Waals surface area contributed by atoms with E-state index >= 15 is 0 Å². The molecule has 0 amide bonds. The number of aromatic nitrogens is 1. The Morgan fingerprint density at radius 1 is 1.67 bits per heavy atom. The van der Waals surface area contributed by atoms with Crippen LogP contribution in [-0.2, 0) is 6.54 Å². The van der Waals surface area contributed by atoms with Gasteiger partial charge >= 0.3 is 0 Å². The molecule has 0 saturated carbocycles. The third kappa shape index (κ3) is 1.51. The first-order valence-electron chi connectivity index (χ1n) is 3.41. The van der Waals surface area contributed by atoms with Crippen molar-refractivity contribution in [1.82, 2.24) is 4.98 Å². The predicted molar refractivity (Wildman–Crippen MR) is 44.6 cm³/mol. The van der Waals surface area contributed by atoms with E-state index in [4.69, 9.17) is 16.7 Å². The topological polar surface area (TPSA) is 97.5 Å². The fourth-order valence-electron chi connectivity index (χ4n) is 0.881. The van der Waals surface area contributed by atoms with Crippen LogP contribution >= 0.6 is 0 Å². The zero-order valence-corrected chi connectivity index (χ0v) is 6.44. The molecule has 64 valence electrons. The lowest BCUT2D eigenvalue weighted by atomic mass is 10.2. The molecule has 0 aromatic carbocycles. The Bertz CT molecular complexity index is 297. The first-order valence-corrected chi connectivity index (χ1v) is 3.41. The van der Waals surface area contributed by atoms with Crippen molar-refractivity contribution in [3.05, 3.63) is 29.6 Å². The number of rotatable bonds is 2. The maximum Gasteiger partial charge on any atom is 0.189 e. The fraction of sp³-hybridized carbons (Fsp3) is 0.143.